The third-order valence-corrected chi connectivity index (χ3v) is 6.76. The Hall–Kier alpha value is -1.86. The van der Waals surface area contributed by atoms with Gasteiger partial charge >= 0.3 is 0 Å². The number of carbonyl (C=O) groups excluding carboxylic acids is 1. The van der Waals surface area contributed by atoms with E-state index in [1.807, 2.05) is 12.1 Å². The number of fused-ring (bicyclic) bond motifs is 3. The van der Waals surface area contributed by atoms with Crippen LogP contribution in [0.3, 0.4) is 0 Å². The monoisotopic (exact) mass is 406 g/mol. The maximum atomic E-state index is 12.0. The van der Waals surface area contributed by atoms with Crippen LogP contribution >= 0.6 is 34.5 Å². The van der Waals surface area contributed by atoms with E-state index in [0.29, 0.717) is 29.0 Å². The number of halogens is 2. The third-order valence-electron chi connectivity index (χ3n) is 4.63. The molecule has 3 heterocycles. The van der Waals surface area contributed by atoms with Gasteiger partial charge in [-0.1, -0.05) is 23.2 Å². The molecule has 1 aliphatic heterocycles. The molecule has 26 heavy (non-hydrogen) atoms. The maximum Gasteiger partial charge on any atom is 0.236 e. The molecule has 1 amide bonds. The summed E-state index contributed by atoms with van der Waals surface area (Å²) < 4.78 is 0.943. The van der Waals surface area contributed by atoms with Crippen LogP contribution in [0.5, 0.6) is 0 Å². The number of benzene rings is 1. The molecule has 2 aromatic heterocycles. The Balaban J connectivity index is 1.92. The molecular formula is C18H16Cl2N4OS. The van der Waals surface area contributed by atoms with Gasteiger partial charge in [-0.05, 0) is 35.7 Å². The van der Waals surface area contributed by atoms with E-state index in [1.54, 1.807) is 28.5 Å². The highest BCUT2D eigenvalue weighted by atomic mass is 35.5. The van der Waals surface area contributed by atoms with Crippen molar-refractivity contribution < 1.29 is 4.79 Å². The molecule has 5 nitrogen and oxygen atoms in total. The van der Waals surface area contributed by atoms with E-state index in [4.69, 9.17) is 34.7 Å². The van der Waals surface area contributed by atoms with Gasteiger partial charge in [0, 0.05) is 28.6 Å². The summed E-state index contributed by atoms with van der Waals surface area (Å²) in [5, 5.41) is 2.13. The van der Waals surface area contributed by atoms with Crippen LogP contribution in [0, 0.1) is 0 Å². The lowest BCUT2D eigenvalue weighted by Gasteiger charge is -2.26. The summed E-state index contributed by atoms with van der Waals surface area (Å²) in [6.07, 6.45) is 2.50. The predicted octanol–water partition coefficient (Wildman–Crippen LogP) is 3.70. The molecule has 1 aliphatic rings. The van der Waals surface area contributed by atoms with E-state index in [0.717, 1.165) is 32.5 Å². The molecule has 0 atom stereocenters. The van der Waals surface area contributed by atoms with Gasteiger partial charge in [-0.3, -0.25) is 4.79 Å². The Bertz CT molecular complexity index is 1020. The fourth-order valence-corrected chi connectivity index (χ4v) is 5.20. The molecule has 0 saturated heterocycles. The van der Waals surface area contributed by atoms with Crippen molar-refractivity contribution in [2.24, 2.45) is 5.73 Å². The zero-order chi connectivity index (χ0) is 18.4. The number of nitrogens with two attached hydrogens (primary N) is 2. The summed E-state index contributed by atoms with van der Waals surface area (Å²) in [4.78, 5) is 19.1. The van der Waals surface area contributed by atoms with Crippen LogP contribution in [-0.4, -0.2) is 28.9 Å². The van der Waals surface area contributed by atoms with Gasteiger partial charge < -0.3 is 16.4 Å². The molecule has 1 aromatic carbocycles. The first-order valence-electron chi connectivity index (χ1n) is 8.11. The fourth-order valence-electron chi connectivity index (χ4n) is 3.35. The van der Waals surface area contributed by atoms with Crippen LogP contribution in [0.15, 0.2) is 24.4 Å². The summed E-state index contributed by atoms with van der Waals surface area (Å²) in [6, 6.07) is 5.58. The number of rotatable bonds is 2. The van der Waals surface area contributed by atoms with Crippen molar-refractivity contribution in [2.75, 3.05) is 18.8 Å². The first-order valence-corrected chi connectivity index (χ1v) is 9.68. The minimum Gasteiger partial charge on any atom is -0.384 e. The number of thiophene rings is 1. The first kappa shape index (κ1) is 17.5. The van der Waals surface area contributed by atoms with E-state index in [9.17, 15) is 4.79 Å². The molecule has 134 valence electrons. The normalized spacial score (nSPS) is 13.9. The summed E-state index contributed by atoms with van der Waals surface area (Å²) in [6.45, 7) is 1.22. The number of aromatic nitrogens is 1. The van der Waals surface area contributed by atoms with Gasteiger partial charge in [0.25, 0.3) is 0 Å². The van der Waals surface area contributed by atoms with Crippen molar-refractivity contribution in [3.8, 4) is 11.1 Å². The van der Waals surface area contributed by atoms with Crippen LogP contribution in [0.25, 0.3) is 21.2 Å². The number of nitrogen functional groups attached to an aromatic ring is 1. The van der Waals surface area contributed by atoms with E-state index in [2.05, 4.69) is 4.98 Å². The number of hydrogen-bond acceptors (Lipinski definition) is 5. The van der Waals surface area contributed by atoms with E-state index >= 15 is 0 Å². The number of pyridine rings is 1. The van der Waals surface area contributed by atoms with E-state index < -0.39 is 0 Å². The molecule has 8 heteroatoms. The lowest BCUT2D eigenvalue weighted by atomic mass is 9.96. The minimum atomic E-state index is -0.0415. The molecule has 0 aliphatic carbocycles. The van der Waals surface area contributed by atoms with Crippen LogP contribution in [0.4, 0.5) is 5.82 Å². The zero-order valence-electron chi connectivity index (χ0n) is 13.8. The molecule has 0 bridgehead atoms. The van der Waals surface area contributed by atoms with Crippen molar-refractivity contribution in [1.29, 1.82) is 0 Å². The number of carbonyl (C=O) groups is 1. The molecule has 3 aromatic rings. The van der Waals surface area contributed by atoms with Gasteiger partial charge in [0.1, 0.15) is 5.82 Å². The van der Waals surface area contributed by atoms with Crippen LogP contribution in [0.2, 0.25) is 10.0 Å². The van der Waals surface area contributed by atoms with Gasteiger partial charge in [-0.25, -0.2) is 4.98 Å². The lowest BCUT2D eigenvalue weighted by Crippen LogP contribution is -2.39. The number of nitrogens with zero attached hydrogens (tertiary/aromatic N) is 2. The first-order chi connectivity index (χ1) is 12.5. The highest BCUT2D eigenvalue weighted by Gasteiger charge is 2.26. The maximum absolute atomic E-state index is 12.0. The van der Waals surface area contributed by atoms with E-state index in [1.165, 1.54) is 5.56 Å². The van der Waals surface area contributed by atoms with Gasteiger partial charge in [0.15, 0.2) is 0 Å². The molecule has 4 rings (SSSR count). The average molecular weight is 407 g/mol. The number of anilines is 1. The topological polar surface area (TPSA) is 85.2 Å². The third kappa shape index (κ3) is 2.83. The predicted molar refractivity (Wildman–Crippen MR) is 108 cm³/mol. The Labute approximate surface area is 164 Å². The van der Waals surface area contributed by atoms with Crippen LogP contribution < -0.4 is 11.5 Å². The summed E-state index contributed by atoms with van der Waals surface area (Å²) in [7, 11) is 0. The Kier molecular flexibility index (Phi) is 4.52. The quantitative estimate of drug-likeness (QED) is 0.679. The number of hydrogen-bond donors (Lipinski definition) is 2. The largest absolute Gasteiger partial charge is 0.384 e. The Morgan fingerprint density at radius 2 is 2.15 bits per heavy atom. The Morgan fingerprint density at radius 3 is 2.85 bits per heavy atom. The van der Waals surface area contributed by atoms with Crippen molar-refractivity contribution in [1.82, 2.24) is 9.88 Å². The minimum absolute atomic E-state index is 0.0230. The second-order valence-electron chi connectivity index (χ2n) is 6.17. The van der Waals surface area contributed by atoms with Crippen molar-refractivity contribution in [3.05, 3.63) is 44.9 Å². The highest BCUT2D eigenvalue weighted by Crippen LogP contribution is 2.46. The van der Waals surface area contributed by atoms with Crippen LogP contribution in [-0.2, 0) is 17.8 Å². The van der Waals surface area contributed by atoms with Crippen molar-refractivity contribution >= 4 is 56.3 Å². The van der Waals surface area contributed by atoms with Crippen molar-refractivity contribution in [2.45, 2.75) is 13.0 Å². The van der Waals surface area contributed by atoms with E-state index in [-0.39, 0.29) is 12.5 Å². The Morgan fingerprint density at radius 1 is 1.35 bits per heavy atom. The second kappa shape index (κ2) is 6.70. The molecule has 0 radical (unpaired) electrons. The van der Waals surface area contributed by atoms with Gasteiger partial charge in [-0.15, -0.1) is 11.3 Å². The molecular weight excluding hydrogens is 391 g/mol. The molecule has 0 spiro atoms. The SMILES string of the molecule is NCC(=O)N1CCc2c(sc3c(Cl)c(Cl)cc(-c4ccc(N)nc4)c23)C1. The smallest absolute Gasteiger partial charge is 0.236 e. The molecule has 0 unspecified atom stereocenters. The van der Waals surface area contributed by atoms with Crippen molar-refractivity contribution in [3.63, 3.8) is 0 Å². The second-order valence-corrected chi connectivity index (χ2v) is 8.06. The average Bonchev–Trinajstić information content (AvgIpc) is 3.03. The molecule has 4 N–H and O–H groups in total. The number of amides is 1. The standard InChI is InChI=1S/C18H16Cl2N4OS/c19-12-5-11(9-1-2-14(22)23-7-9)16-10-3-4-24(15(25)6-21)8-13(10)26-18(16)17(12)20/h1-2,5,7H,3-4,6,8,21H2,(H2,22,23). The fraction of sp³-hybridized carbons (Fsp3) is 0.222. The van der Waals surface area contributed by atoms with Gasteiger partial charge in [-0.2, -0.15) is 0 Å². The highest BCUT2D eigenvalue weighted by molar-refractivity contribution is 7.20. The van der Waals surface area contributed by atoms with Crippen LogP contribution in [0.1, 0.15) is 10.4 Å². The summed E-state index contributed by atoms with van der Waals surface area (Å²) in [5.74, 6) is 0.425. The summed E-state index contributed by atoms with van der Waals surface area (Å²) >= 11 is 14.5. The molecule has 0 fully saturated rings. The summed E-state index contributed by atoms with van der Waals surface area (Å²) in [5.41, 5.74) is 14.4. The zero-order valence-corrected chi connectivity index (χ0v) is 16.1. The van der Waals surface area contributed by atoms with Gasteiger partial charge in [0.05, 0.1) is 27.8 Å². The molecule has 0 saturated carbocycles. The lowest BCUT2D eigenvalue weighted by molar-refractivity contribution is -0.130. The van der Waals surface area contributed by atoms with Gasteiger partial charge in [0.2, 0.25) is 5.91 Å².